The van der Waals surface area contributed by atoms with Gasteiger partial charge in [0.05, 0.1) is 17.2 Å². The van der Waals surface area contributed by atoms with Gasteiger partial charge in [0.1, 0.15) is 0 Å². The van der Waals surface area contributed by atoms with Gasteiger partial charge < -0.3 is 10.2 Å². The topological polar surface area (TPSA) is 48.5 Å². The highest BCUT2D eigenvalue weighted by Gasteiger charge is 2.20. The molecule has 5 nitrogen and oxygen atoms in total. The summed E-state index contributed by atoms with van der Waals surface area (Å²) in [5, 5.41) is 6.21. The van der Waals surface area contributed by atoms with E-state index in [0.717, 1.165) is 62.7 Å². The van der Waals surface area contributed by atoms with Crippen LogP contribution in [-0.2, 0) is 19.4 Å². The van der Waals surface area contributed by atoms with Gasteiger partial charge >= 0.3 is 6.03 Å². The average Bonchev–Trinajstić information content (AvgIpc) is 3.13. The number of hydrogen-bond acceptors (Lipinski definition) is 4. The molecular weight excluding hydrogens is 344 g/mol. The number of nitrogens with zero attached hydrogens (tertiary/aromatic N) is 3. The summed E-state index contributed by atoms with van der Waals surface area (Å²) in [4.78, 5) is 21.3. The van der Waals surface area contributed by atoms with Crippen molar-refractivity contribution in [1.29, 1.82) is 0 Å². The zero-order chi connectivity index (χ0) is 18.2. The monoisotopic (exact) mass is 372 g/mol. The van der Waals surface area contributed by atoms with Crippen molar-refractivity contribution < 1.29 is 4.79 Å². The molecule has 1 N–H and O–H groups in total. The summed E-state index contributed by atoms with van der Waals surface area (Å²) < 4.78 is 0. The van der Waals surface area contributed by atoms with Crippen LogP contribution >= 0.6 is 11.3 Å². The molecule has 2 amide bonds. The number of rotatable bonds is 7. The van der Waals surface area contributed by atoms with Crippen molar-refractivity contribution in [2.24, 2.45) is 0 Å². The lowest BCUT2D eigenvalue weighted by molar-refractivity contribution is 0.140. The molecule has 0 spiro atoms. The third kappa shape index (κ3) is 5.54. The highest BCUT2D eigenvalue weighted by molar-refractivity contribution is 7.09. The van der Waals surface area contributed by atoms with Crippen LogP contribution in [0.5, 0.6) is 0 Å². The first kappa shape index (κ1) is 18.9. The molecule has 140 valence electrons. The van der Waals surface area contributed by atoms with E-state index in [1.807, 2.05) is 10.3 Å². The fourth-order valence-electron chi connectivity index (χ4n) is 3.14. The minimum Gasteiger partial charge on any atom is -0.332 e. The summed E-state index contributed by atoms with van der Waals surface area (Å²) in [7, 11) is 0. The van der Waals surface area contributed by atoms with Crippen molar-refractivity contribution in [3.63, 3.8) is 0 Å². The second-order valence-corrected chi connectivity index (χ2v) is 7.65. The average molecular weight is 373 g/mol. The van der Waals surface area contributed by atoms with Gasteiger partial charge in [0.15, 0.2) is 0 Å². The number of aryl methyl sites for hydroxylation is 1. The van der Waals surface area contributed by atoms with Gasteiger partial charge in [-0.2, -0.15) is 0 Å². The number of urea groups is 1. The molecular formula is C20H28N4OS. The quantitative estimate of drug-likeness (QED) is 0.812. The molecule has 2 heterocycles. The lowest BCUT2D eigenvalue weighted by Gasteiger charge is -2.34. The van der Waals surface area contributed by atoms with Gasteiger partial charge in [-0.25, -0.2) is 9.78 Å². The Morgan fingerprint density at radius 1 is 1.15 bits per heavy atom. The second kappa shape index (κ2) is 9.69. The molecule has 1 aliphatic rings. The van der Waals surface area contributed by atoms with Crippen LogP contribution in [0.3, 0.4) is 0 Å². The van der Waals surface area contributed by atoms with E-state index in [0.29, 0.717) is 6.54 Å². The highest BCUT2D eigenvalue weighted by atomic mass is 32.1. The summed E-state index contributed by atoms with van der Waals surface area (Å²) in [5.74, 6) is 0. The van der Waals surface area contributed by atoms with Crippen molar-refractivity contribution >= 4 is 17.4 Å². The third-order valence-electron chi connectivity index (χ3n) is 4.70. The predicted molar refractivity (Wildman–Crippen MR) is 107 cm³/mol. The maximum absolute atomic E-state index is 12.4. The molecule has 2 aromatic rings. The van der Waals surface area contributed by atoms with Crippen LogP contribution in [-0.4, -0.2) is 53.5 Å². The molecule has 0 radical (unpaired) electrons. The van der Waals surface area contributed by atoms with E-state index >= 15 is 0 Å². The molecule has 0 saturated carbocycles. The Labute approximate surface area is 160 Å². The SMILES string of the molecule is CCCc1nc(CNC(=O)N2CCN(CCc3ccccc3)CC2)cs1. The first-order valence-corrected chi connectivity index (χ1v) is 10.3. The number of carbonyl (C=O) groups excluding carboxylic acids is 1. The minimum atomic E-state index is 0.0257. The Morgan fingerprint density at radius 3 is 2.65 bits per heavy atom. The van der Waals surface area contributed by atoms with Crippen molar-refractivity contribution in [2.75, 3.05) is 32.7 Å². The van der Waals surface area contributed by atoms with E-state index in [1.54, 1.807) is 11.3 Å². The minimum absolute atomic E-state index is 0.0257. The van der Waals surface area contributed by atoms with Gasteiger partial charge in [-0.1, -0.05) is 37.3 Å². The van der Waals surface area contributed by atoms with E-state index in [-0.39, 0.29) is 6.03 Å². The standard InChI is InChI=1S/C20H28N4OS/c1-2-6-19-22-18(16-26-19)15-21-20(25)24-13-11-23(12-14-24)10-9-17-7-4-3-5-8-17/h3-5,7-8,16H,2,6,9-15H2,1H3,(H,21,25). The number of benzene rings is 1. The second-order valence-electron chi connectivity index (χ2n) is 6.71. The molecule has 1 aromatic carbocycles. The van der Waals surface area contributed by atoms with Gasteiger partial charge in [-0.3, -0.25) is 4.90 Å². The molecule has 0 atom stereocenters. The Bertz CT molecular complexity index is 680. The van der Waals surface area contributed by atoms with Crippen LogP contribution in [0.15, 0.2) is 35.7 Å². The fourth-order valence-corrected chi connectivity index (χ4v) is 4.04. The Morgan fingerprint density at radius 2 is 1.92 bits per heavy atom. The van der Waals surface area contributed by atoms with Gasteiger partial charge in [0.2, 0.25) is 0 Å². The van der Waals surface area contributed by atoms with Crippen LogP contribution in [0.2, 0.25) is 0 Å². The lowest BCUT2D eigenvalue weighted by Crippen LogP contribution is -2.51. The molecule has 3 rings (SSSR count). The molecule has 26 heavy (non-hydrogen) atoms. The van der Waals surface area contributed by atoms with E-state index in [1.165, 1.54) is 5.56 Å². The van der Waals surface area contributed by atoms with E-state index in [2.05, 4.69) is 52.5 Å². The normalized spacial score (nSPS) is 15.2. The summed E-state index contributed by atoms with van der Waals surface area (Å²) in [5.41, 5.74) is 2.34. The summed E-state index contributed by atoms with van der Waals surface area (Å²) in [6, 6.07) is 10.6. The smallest absolute Gasteiger partial charge is 0.317 e. The van der Waals surface area contributed by atoms with Gasteiger partial charge in [0, 0.05) is 38.1 Å². The zero-order valence-corrected chi connectivity index (χ0v) is 16.3. The Hall–Kier alpha value is -1.92. The van der Waals surface area contributed by atoms with Crippen LogP contribution in [0.4, 0.5) is 4.79 Å². The van der Waals surface area contributed by atoms with Crippen LogP contribution in [0.1, 0.15) is 29.6 Å². The van der Waals surface area contributed by atoms with Crippen LogP contribution in [0.25, 0.3) is 0 Å². The number of piperazine rings is 1. The molecule has 0 unspecified atom stereocenters. The summed E-state index contributed by atoms with van der Waals surface area (Å²) in [6.45, 7) is 7.20. The van der Waals surface area contributed by atoms with Gasteiger partial charge in [-0.05, 0) is 24.8 Å². The molecule has 1 aromatic heterocycles. The number of amides is 2. The highest BCUT2D eigenvalue weighted by Crippen LogP contribution is 2.12. The van der Waals surface area contributed by atoms with E-state index in [9.17, 15) is 4.79 Å². The summed E-state index contributed by atoms with van der Waals surface area (Å²) >= 11 is 1.68. The van der Waals surface area contributed by atoms with Crippen LogP contribution in [0, 0.1) is 0 Å². The largest absolute Gasteiger partial charge is 0.332 e. The van der Waals surface area contributed by atoms with E-state index < -0.39 is 0 Å². The van der Waals surface area contributed by atoms with Crippen LogP contribution < -0.4 is 5.32 Å². The molecule has 0 aliphatic carbocycles. The molecule has 1 aliphatic heterocycles. The van der Waals surface area contributed by atoms with Gasteiger partial charge in [0.25, 0.3) is 0 Å². The fraction of sp³-hybridized carbons (Fsp3) is 0.500. The molecule has 1 saturated heterocycles. The predicted octanol–water partition coefficient (Wildman–Crippen LogP) is 3.17. The molecule has 1 fully saturated rings. The Balaban J connectivity index is 1.36. The number of aromatic nitrogens is 1. The maximum atomic E-state index is 12.4. The van der Waals surface area contributed by atoms with Gasteiger partial charge in [-0.15, -0.1) is 11.3 Å². The lowest BCUT2D eigenvalue weighted by atomic mass is 10.1. The first-order chi connectivity index (χ1) is 12.7. The third-order valence-corrected chi connectivity index (χ3v) is 5.66. The maximum Gasteiger partial charge on any atom is 0.317 e. The number of nitrogens with one attached hydrogen (secondary N) is 1. The number of thiazole rings is 1. The van der Waals surface area contributed by atoms with Crippen molar-refractivity contribution in [1.82, 2.24) is 20.1 Å². The zero-order valence-electron chi connectivity index (χ0n) is 15.5. The Kier molecular flexibility index (Phi) is 7.03. The van der Waals surface area contributed by atoms with E-state index in [4.69, 9.17) is 0 Å². The number of carbonyl (C=O) groups is 1. The van der Waals surface area contributed by atoms with Crippen molar-refractivity contribution in [2.45, 2.75) is 32.7 Å². The summed E-state index contributed by atoms with van der Waals surface area (Å²) in [6.07, 6.45) is 3.19. The number of hydrogen-bond donors (Lipinski definition) is 1. The molecule has 0 bridgehead atoms. The van der Waals surface area contributed by atoms with Crippen molar-refractivity contribution in [3.8, 4) is 0 Å². The molecule has 6 heteroatoms. The van der Waals surface area contributed by atoms with Crippen molar-refractivity contribution in [3.05, 3.63) is 52.0 Å². The first-order valence-electron chi connectivity index (χ1n) is 9.47.